The minimum absolute atomic E-state index is 0.147. The second-order valence-corrected chi connectivity index (χ2v) is 4.83. The van der Waals surface area contributed by atoms with Crippen LogP contribution in [0, 0.1) is 0 Å². The summed E-state index contributed by atoms with van der Waals surface area (Å²) in [5, 5.41) is 12.9. The molecule has 0 unspecified atom stereocenters. The molecule has 102 valence electrons. The molecule has 1 saturated carbocycles. The van der Waals surface area contributed by atoms with Crippen molar-refractivity contribution in [2.45, 2.75) is 57.5 Å². The average molecular weight is 254 g/mol. The molecule has 1 heterocycles. The fourth-order valence-corrected chi connectivity index (χ4v) is 2.60. The maximum atomic E-state index is 8.80. The molecule has 5 heteroatoms. The van der Waals surface area contributed by atoms with Crippen LogP contribution in [0.25, 0.3) is 0 Å². The van der Waals surface area contributed by atoms with Gasteiger partial charge in [0, 0.05) is 19.6 Å². The van der Waals surface area contributed by atoms with Gasteiger partial charge in [0.25, 0.3) is 0 Å². The van der Waals surface area contributed by atoms with Gasteiger partial charge in [-0.1, -0.05) is 24.4 Å². The largest absolute Gasteiger partial charge is 0.396 e. The van der Waals surface area contributed by atoms with Crippen LogP contribution >= 0.6 is 0 Å². The molecule has 1 fully saturated rings. The molecular weight excluding hydrogens is 232 g/mol. The Labute approximate surface area is 108 Å². The highest BCUT2D eigenvalue weighted by molar-refractivity contribution is 5.03. The standard InChI is InChI=1S/C13H22N2O3/c1-2-17-13(8-4-3-5-9-13)12-14-11(18-15-12)7-6-10-16/h16H,2-10H2,1H3. The Bertz CT molecular complexity index is 353. The maximum absolute atomic E-state index is 8.80. The second-order valence-electron chi connectivity index (χ2n) is 4.83. The first-order valence-corrected chi connectivity index (χ1v) is 6.88. The van der Waals surface area contributed by atoms with Crippen LogP contribution in [0.5, 0.6) is 0 Å². The van der Waals surface area contributed by atoms with Crippen LogP contribution in [0.15, 0.2) is 4.52 Å². The lowest BCUT2D eigenvalue weighted by Crippen LogP contribution is -2.33. The average Bonchev–Trinajstić information content (AvgIpc) is 2.87. The van der Waals surface area contributed by atoms with Crippen LogP contribution in [-0.2, 0) is 16.8 Å². The minimum Gasteiger partial charge on any atom is -0.396 e. The highest BCUT2D eigenvalue weighted by Crippen LogP contribution is 2.39. The zero-order chi connectivity index (χ0) is 12.8. The molecule has 1 aromatic heterocycles. The lowest BCUT2D eigenvalue weighted by Gasteiger charge is -2.33. The monoisotopic (exact) mass is 254 g/mol. The van der Waals surface area contributed by atoms with E-state index in [2.05, 4.69) is 10.1 Å². The first-order chi connectivity index (χ1) is 8.80. The van der Waals surface area contributed by atoms with E-state index in [0.29, 0.717) is 31.2 Å². The molecule has 0 saturated heterocycles. The second kappa shape index (κ2) is 6.29. The van der Waals surface area contributed by atoms with Gasteiger partial charge >= 0.3 is 0 Å². The third-order valence-electron chi connectivity index (χ3n) is 3.51. The first-order valence-electron chi connectivity index (χ1n) is 6.88. The van der Waals surface area contributed by atoms with Crippen molar-refractivity contribution < 1.29 is 14.4 Å². The summed E-state index contributed by atoms with van der Waals surface area (Å²) in [4.78, 5) is 4.45. The van der Waals surface area contributed by atoms with Gasteiger partial charge in [-0.15, -0.1) is 0 Å². The predicted molar refractivity (Wildman–Crippen MR) is 66.1 cm³/mol. The summed E-state index contributed by atoms with van der Waals surface area (Å²) >= 11 is 0. The Kier molecular flexibility index (Phi) is 4.72. The number of hydrogen-bond donors (Lipinski definition) is 1. The quantitative estimate of drug-likeness (QED) is 0.842. The van der Waals surface area contributed by atoms with Crippen molar-refractivity contribution >= 4 is 0 Å². The molecule has 5 nitrogen and oxygen atoms in total. The van der Waals surface area contributed by atoms with E-state index in [1.165, 1.54) is 6.42 Å². The maximum Gasteiger partial charge on any atom is 0.226 e. The molecule has 2 rings (SSSR count). The fraction of sp³-hybridized carbons (Fsp3) is 0.846. The number of nitrogens with zero attached hydrogens (tertiary/aromatic N) is 2. The van der Waals surface area contributed by atoms with Crippen LogP contribution in [0.4, 0.5) is 0 Å². The third kappa shape index (κ3) is 2.90. The molecular formula is C13H22N2O3. The highest BCUT2D eigenvalue weighted by Gasteiger charge is 2.39. The van der Waals surface area contributed by atoms with Gasteiger partial charge in [0.1, 0.15) is 5.60 Å². The van der Waals surface area contributed by atoms with Crippen LogP contribution in [0.2, 0.25) is 0 Å². The molecule has 1 aromatic rings. The molecule has 0 aliphatic heterocycles. The van der Waals surface area contributed by atoms with E-state index in [-0.39, 0.29) is 12.2 Å². The Balaban J connectivity index is 2.12. The molecule has 0 spiro atoms. The minimum atomic E-state index is -0.339. The van der Waals surface area contributed by atoms with Crippen molar-refractivity contribution in [1.29, 1.82) is 0 Å². The normalized spacial score (nSPS) is 19.0. The topological polar surface area (TPSA) is 68.4 Å². The van der Waals surface area contributed by atoms with E-state index in [1.807, 2.05) is 6.92 Å². The third-order valence-corrected chi connectivity index (χ3v) is 3.51. The van der Waals surface area contributed by atoms with E-state index in [9.17, 15) is 0 Å². The molecule has 0 aromatic carbocycles. The summed E-state index contributed by atoms with van der Waals surface area (Å²) in [5.74, 6) is 1.29. The summed E-state index contributed by atoms with van der Waals surface area (Å²) in [5.41, 5.74) is -0.339. The zero-order valence-electron chi connectivity index (χ0n) is 11.0. The van der Waals surface area contributed by atoms with Gasteiger partial charge in [-0.2, -0.15) is 4.98 Å². The van der Waals surface area contributed by atoms with Gasteiger partial charge in [0.15, 0.2) is 0 Å². The number of aliphatic hydroxyl groups is 1. The van der Waals surface area contributed by atoms with Crippen molar-refractivity contribution in [2.24, 2.45) is 0 Å². The number of aliphatic hydroxyl groups excluding tert-OH is 1. The van der Waals surface area contributed by atoms with E-state index < -0.39 is 0 Å². The zero-order valence-corrected chi connectivity index (χ0v) is 11.0. The Morgan fingerprint density at radius 1 is 1.33 bits per heavy atom. The van der Waals surface area contributed by atoms with Crippen LogP contribution in [-0.4, -0.2) is 28.5 Å². The molecule has 0 bridgehead atoms. The van der Waals surface area contributed by atoms with Crippen molar-refractivity contribution in [1.82, 2.24) is 10.1 Å². The van der Waals surface area contributed by atoms with Crippen molar-refractivity contribution in [2.75, 3.05) is 13.2 Å². The van der Waals surface area contributed by atoms with Gasteiger partial charge in [-0.3, -0.25) is 0 Å². The molecule has 0 atom stereocenters. The van der Waals surface area contributed by atoms with E-state index >= 15 is 0 Å². The molecule has 1 N–H and O–H groups in total. The summed E-state index contributed by atoms with van der Waals surface area (Å²) in [6, 6.07) is 0. The van der Waals surface area contributed by atoms with Crippen LogP contribution in [0.3, 0.4) is 0 Å². The predicted octanol–water partition coefficient (Wildman–Crippen LogP) is 2.19. The number of aromatic nitrogens is 2. The van der Waals surface area contributed by atoms with E-state index in [1.54, 1.807) is 0 Å². The Morgan fingerprint density at radius 3 is 2.78 bits per heavy atom. The summed E-state index contributed by atoms with van der Waals surface area (Å²) in [6.07, 6.45) is 6.79. The Hall–Kier alpha value is -0.940. The summed E-state index contributed by atoms with van der Waals surface area (Å²) < 4.78 is 11.2. The lowest BCUT2D eigenvalue weighted by molar-refractivity contribution is -0.0777. The number of hydrogen-bond acceptors (Lipinski definition) is 5. The van der Waals surface area contributed by atoms with Crippen molar-refractivity contribution in [3.05, 3.63) is 11.7 Å². The van der Waals surface area contributed by atoms with Gasteiger partial charge in [0.2, 0.25) is 11.7 Å². The molecule has 0 radical (unpaired) electrons. The summed E-state index contributed by atoms with van der Waals surface area (Å²) in [6.45, 7) is 2.82. The molecule has 0 amide bonds. The molecule has 1 aliphatic carbocycles. The van der Waals surface area contributed by atoms with Crippen molar-refractivity contribution in [3.8, 4) is 0 Å². The Morgan fingerprint density at radius 2 is 2.11 bits per heavy atom. The molecule has 18 heavy (non-hydrogen) atoms. The highest BCUT2D eigenvalue weighted by atomic mass is 16.5. The van der Waals surface area contributed by atoms with Gasteiger partial charge in [-0.05, 0) is 26.2 Å². The smallest absolute Gasteiger partial charge is 0.226 e. The van der Waals surface area contributed by atoms with Gasteiger partial charge in [0.05, 0.1) is 0 Å². The molecule has 1 aliphatic rings. The lowest BCUT2D eigenvalue weighted by atomic mass is 9.84. The first kappa shape index (κ1) is 13.5. The van der Waals surface area contributed by atoms with Crippen molar-refractivity contribution in [3.63, 3.8) is 0 Å². The SMILES string of the molecule is CCOC1(c2noc(CCCO)n2)CCCCC1. The summed E-state index contributed by atoms with van der Waals surface area (Å²) in [7, 11) is 0. The van der Waals surface area contributed by atoms with Gasteiger partial charge < -0.3 is 14.4 Å². The number of ether oxygens (including phenoxy) is 1. The van der Waals surface area contributed by atoms with E-state index in [4.69, 9.17) is 14.4 Å². The van der Waals surface area contributed by atoms with Crippen LogP contribution in [0.1, 0.15) is 57.2 Å². The number of rotatable bonds is 6. The fourth-order valence-electron chi connectivity index (χ4n) is 2.60. The van der Waals surface area contributed by atoms with Gasteiger partial charge in [-0.25, -0.2) is 0 Å². The van der Waals surface area contributed by atoms with Crippen LogP contribution < -0.4 is 0 Å². The number of aryl methyl sites for hydroxylation is 1. The van der Waals surface area contributed by atoms with E-state index in [0.717, 1.165) is 25.7 Å².